The smallest absolute Gasteiger partial charge is 0.0419 e. The van der Waals surface area contributed by atoms with Gasteiger partial charge >= 0.3 is 0 Å². The molecule has 0 radical (unpaired) electrons. The van der Waals surface area contributed by atoms with E-state index in [0.717, 1.165) is 19.0 Å². The molecule has 0 spiro atoms. The van der Waals surface area contributed by atoms with Crippen molar-refractivity contribution >= 4 is 18.1 Å². The molecule has 3 nitrogen and oxygen atoms in total. The van der Waals surface area contributed by atoms with E-state index >= 15 is 0 Å². The number of likely N-dealkylation sites (N-methyl/N-ethyl adjacent to an activating group) is 1. The number of halogens is 1. The van der Waals surface area contributed by atoms with Crippen LogP contribution in [0.25, 0.3) is 0 Å². The quantitative estimate of drug-likeness (QED) is 0.926. The van der Waals surface area contributed by atoms with Crippen LogP contribution in [0.1, 0.15) is 25.0 Å². The summed E-state index contributed by atoms with van der Waals surface area (Å²) in [5.74, 6) is 0.724. The van der Waals surface area contributed by atoms with Crippen LogP contribution in [-0.4, -0.2) is 49.1 Å². The summed E-state index contributed by atoms with van der Waals surface area (Å²) < 4.78 is 0. The zero-order valence-electron chi connectivity index (χ0n) is 13.4. The first-order chi connectivity index (χ1) is 9.65. The molecule has 1 N–H and O–H groups in total. The number of benzene rings is 1. The molecule has 1 fully saturated rings. The summed E-state index contributed by atoms with van der Waals surface area (Å²) in [7, 11) is 2.27. The van der Waals surface area contributed by atoms with Crippen molar-refractivity contribution < 1.29 is 0 Å². The average Bonchev–Trinajstić information content (AvgIpc) is 2.90. The highest BCUT2D eigenvalue weighted by molar-refractivity contribution is 5.85. The third-order valence-electron chi connectivity index (χ3n) is 4.88. The Balaban J connectivity index is 0.00000161. The van der Waals surface area contributed by atoms with Gasteiger partial charge in [0.25, 0.3) is 0 Å². The van der Waals surface area contributed by atoms with E-state index in [1.165, 1.54) is 42.9 Å². The Morgan fingerprint density at radius 3 is 2.86 bits per heavy atom. The second kappa shape index (κ2) is 6.99. The van der Waals surface area contributed by atoms with E-state index in [-0.39, 0.29) is 12.4 Å². The fourth-order valence-corrected chi connectivity index (χ4v) is 3.61. The maximum atomic E-state index is 3.56. The van der Waals surface area contributed by atoms with Gasteiger partial charge in [0.05, 0.1) is 0 Å². The number of para-hydroxylation sites is 1. The van der Waals surface area contributed by atoms with Crippen LogP contribution < -0.4 is 5.32 Å². The molecule has 1 saturated heterocycles. The molecule has 1 atom stereocenters. The third-order valence-corrected chi connectivity index (χ3v) is 4.88. The van der Waals surface area contributed by atoms with Crippen LogP contribution in [0.15, 0.2) is 18.2 Å². The Bertz CT molecular complexity index is 475. The number of nitrogens with zero attached hydrogens (tertiary/aromatic N) is 2. The average molecular weight is 310 g/mol. The van der Waals surface area contributed by atoms with Crippen molar-refractivity contribution in [2.75, 3.05) is 38.5 Å². The first kappa shape index (κ1) is 16.6. The van der Waals surface area contributed by atoms with E-state index in [1.54, 1.807) is 0 Å². The van der Waals surface area contributed by atoms with Gasteiger partial charge < -0.3 is 10.2 Å². The van der Waals surface area contributed by atoms with Crippen LogP contribution in [0.4, 0.5) is 5.69 Å². The van der Waals surface area contributed by atoms with Crippen LogP contribution >= 0.6 is 12.4 Å². The monoisotopic (exact) mass is 309 g/mol. The third kappa shape index (κ3) is 3.53. The van der Waals surface area contributed by atoms with Gasteiger partial charge in [0.15, 0.2) is 0 Å². The molecule has 1 aromatic carbocycles. The van der Waals surface area contributed by atoms with Gasteiger partial charge in [-0.25, -0.2) is 0 Å². The number of fused-ring (bicyclic) bond motifs is 1. The molecule has 118 valence electrons. The topological polar surface area (TPSA) is 18.5 Å². The Kier molecular flexibility index (Phi) is 5.53. The van der Waals surface area contributed by atoms with E-state index < -0.39 is 0 Å². The number of anilines is 1. The van der Waals surface area contributed by atoms with Crippen molar-refractivity contribution in [3.05, 3.63) is 29.3 Å². The SMILES string of the molecule is CC(C)C1CN(Cc2cccc3c2NCC3)CCN1C.Cl. The van der Waals surface area contributed by atoms with Crippen molar-refractivity contribution in [2.24, 2.45) is 5.92 Å². The van der Waals surface area contributed by atoms with Crippen molar-refractivity contribution in [2.45, 2.75) is 32.9 Å². The Morgan fingerprint density at radius 1 is 1.29 bits per heavy atom. The largest absolute Gasteiger partial charge is 0.384 e. The van der Waals surface area contributed by atoms with Crippen LogP contribution in [0, 0.1) is 5.92 Å². The Morgan fingerprint density at radius 2 is 2.10 bits per heavy atom. The summed E-state index contributed by atoms with van der Waals surface area (Å²) in [6.45, 7) is 10.4. The van der Waals surface area contributed by atoms with Gasteiger partial charge in [0, 0.05) is 44.5 Å². The summed E-state index contributed by atoms with van der Waals surface area (Å²) in [4.78, 5) is 5.15. The predicted molar refractivity (Wildman–Crippen MR) is 92.4 cm³/mol. The summed E-state index contributed by atoms with van der Waals surface area (Å²) in [5, 5.41) is 3.56. The molecule has 1 aromatic rings. The maximum Gasteiger partial charge on any atom is 0.0419 e. The molecule has 0 saturated carbocycles. The molecular formula is C17H28ClN3. The van der Waals surface area contributed by atoms with Crippen molar-refractivity contribution in [3.8, 4) is 0 Å². The van der Waals surface area contributed by atoms with E-state index in [1.807, 2.05) is 0 Å². The molecule has 2 aliphatic heterocycles. The lowest BCUT2D eigenvalue weighted by atomic mass is 9.99. The lowest BCUT2D eigenvalue weighted by Gasteiger charge is -2.41. The molecule has 0 amide bonds. The van der Waals surface area contributed by atoms with Gasteiger partial charge in [-0.2, -0.15) is 0 Å². The first-order valence-corrected chi connectivity index (χ1v) is 7.92. The molecular weight excluding hydrogens is 282 g/mol. The highest BCUT2D eigenvalue weighted by Crippen LogP contribution is 2.28. The van der Waals surface area contributed by atoms with E-state index in [0.29, 0.717) is 6.04 Å². The predicted octanol–water partition coefficient (Wildman–Crippen LogP) is 2.85. The lowest BCUT2D eigenvalue weighted by Crippen LogP contribution is -2.53. The molecule has 4 heteroatoms. The van der Waals surface area contributed by atoms with E-state index in [2.05, 4.69) is 54.2 Å². The zero-order chi connectivity index (χ0) is 14.1. The standard InChI is InChI=1S/C17H27N3.ClH/c1-13(2)16-12-20(10-9-19(16)3)11-15-6-4-5-14-7-8-18-17(14)15;/h4-6,13,16,18H,7-12H2,1-3H3;1H. The molecule has 0 bridgehead atoms. The van der Waals surface area contributed by atoms with Gasteiger partial charge in [0.2, 0.25) is 0 Å². The molecule has 3 rings (SSSR count). The minimum Gasteiger partial charge on any atom is -0.384 e. The fraction of sp³-hybridized carbons (Fsp3) is 0.647. The number of hydrogen-bond donors (Lipinski definition) is 1. The van der Waals surface area contributed by atoms with Gasteiger partial charge in [-0.15, -0.1) is 12.4 Å². The van der Waals surface area contributed by atoms with Crippen LogP contribution in [0.2, 0.25) is 0 Å². The van der Waals surface area contributed by atoms with Crippen molar-refractivity contribution in [1.29, 1.82) is 0 Å². The minimum atomic E-state index is 0. The zero-order valence-corrected chi connectivity index (χ0v) is 14.2. The summed E-state index contributed by atoms with van der Waals surface area (Å²) in [5.41, 5.74) is 4.39. The van der Waals surface area contributed by atoms with Gasteiger partial charge in [-0.05, 0) is 30.5 Å². The Labute approximate surface area is 135 Å². The highest BCUT2D eigenvalue weighted by Gasteiger charge is 2.27. The van der Waals surface area contributed by atoms with Gasteiger partial charge in [-0.3, -0.25) is 4.90 Å². The molecule has 1 unspecified atom stereocenters. The van der Waals surface area contributed by atoms with Gasteiger partial charge in [0.1, 0.15) is 0 Å². The number of hydrogen-bond acceptors (Lipinski definition) is 3. The molecule has 0 aromatic heterocycles. The lowest BCUT2D eigenvalue weighted by molar-refractivity contribution is 0.0657. The second-order valence-electron chi connectivity index (χ2n) is 6.66. The van der Waals surface area contributed by atoms with E-state index in [9.17, 15) is 0 Å². The molecule has 2 aliphatic rings. The van der Waals surface area contributed by atoms with Crippen LogP contribution in [0.5, 0.6) is 0 Å². The van der Waals surface area contributed by atoms with Crippen LogP contribution in [-0.2, 0) is 13.0 Å². The van der Waals surface area contributed by atoms with Gasteiger partial charge in [-0.1, -0.05) is 32.0 Å². The van der Waals surface area contributed by atoms with E-state index in [4.69, 9.17) is 0 Å². The number of piperazine rings is 1. The minimum absolute atomic E-state index is 0. The first-order valence-electron chi connectivity index (χ1n) is 7.92. The fourth-order valence-electron chi connectivity index (χ4n) is 3.61. The highest BCUT2D eigenvalue weighted by atomic mass is 35.5. The summed E-state index contributed by atoms with van der Waals surface area (Å²) in [6, 6.07) is 7.46. The molecule has 2 heterocycles. The summed E-state index contributed by atoms with van der Waals surface area (Å²) >= 11 is 0. The number of rotatable bonds is 3. The Hall–Kier alpha value is -0.770. The summed E-state index contributed by atoms with van der Waals surface area (Å²) in [6.07, 6.45) is 1.18. The molecule has 21 heavy (non-hydrogen) atoms. The number of nitrogens with one attached hydrogen (secondary N) is 1. The normalized spacial score (nSPS) is 22.8. The second-order valence-corrected chi connectivity index (χ2v) is 6.66. The van der Waals surface area contributed by atoms with Crippen molar-refractivity contribution in [3.63, 3.8) is 0 Å². The van der Waals surface area contributed by atoms with Crippen LogP contribution in [0.3, 0.4) is 0 Å². The maximum absolute atomic E-state index is 3.56. The van der Waals surface area contributed by atoms with Crippen molar-refractivity contribution in [1.82, 2.24) is 9.80 Å². The molecule has 0 aliphatic carbocycles.